The van der Waals surface area contributed by atoms with Crippen LogP contribution in [0.1, 0.15) is 27.2 Å². The molecule has 2 atom stereocenters. The minimum atomic E-state index is -0.473. The second-order valence-electron chi connectivity index (χ2n) is 5.69. The molecule has 1 amide bonds. The second kappa shape index (κ2) is 4.72. The highest BCUT2D eigenvalue weighted by molar-refractivity contribution is 5.85. The third-order valence-corrected chi connectivity index (χ3v) is 3.39. The van der Waals surface area contributed by atoms with Crippen LogP contribution in [-0.2, 0) is 4.79 Å². The lowest BCUT2D eigenvalue weighted by molar-refractivity contribution is -0.134. The number of carbonyl (C=O) groups is 1. The molecule has 1 aliphatic rings. The summed E-state index contributed by atoms with van der Waals surface area (Å²) in [6.45, 7) is 7.16. The van der Waals surface area contributed by atoms with Gasteiger partial charge in [-0.3, -0.25) is 10.1 Å². The fraction of sp³-hybridized carbons (Fsp3) is 0.917. The zero-order valence-electron chi connectivity index (χ0n) is 11.4. The van der Waals surface area contributed by atoms with Gasteiger partial charge in [0, 0.05) is 32.7 Å². The van der Waals surface area contributed by atoms with Crippen LogP contribution in [0.3, 0.4) is 0 Å². The Morgan fingerprint density at radius 2 is 2.00 bits per heavy atom. The molecule has 4 nitrogen and oxygen atoms in total. The first kappa shape index (κ1) is 13.5. The molecule has 0 aromatic rings. The van der Waals surface area contributed by atoms with E-state index in [-0.39, 0.29) is 5.91 Å². The van der Waals surface area contributed by atoms with Gasteiger partial charge in [0.15, 0.2) is 0 Å². The van der Waals surface area contributed by atoms with Crippen molar-refractivity contribution in [2.24, 2.45) is 0 Å². The molecule has 0 aromatic carbocycles. The lowest BCUT2D eigenvalue weighted by Crippen LogP contribution is -2.56. The first-order valence-corrected chi connectivity index (χ1v) is 5.93. The van der Waals surface area contributed by atoms with E-state index in [1.165, 1.54) is 0 Å². The van der Waals surface area contributed by atoms with Crippen molar-refractivity contribution in [2.75, 3.05) is 27.7 Å². The monoisotopic (exact) mass is 227 g/mol. The average molecular weight is 227 g/mol. The highest BCUT2D eigenvalue weighted by Gasteiger charge is 2.35. The van der Waals surface area contributed by atoms with Crippen molar-refractivity contribution in [3.8, 4) is 0 Å². The van der Waals surface area contributed by atoms with Crippen LogP contribution in [0.25, 0.3) is 0 Å². The topological polar surface area (TPSA) is 35.6 Å². The van der Waals surface area contributed by atoms with Gasteiger partial charge in [-0.25, -0.2) is 0 Å². The summed E-state index contributed by atoms with van der Waals surface area (Å²) < 4.78 is 0. The number of likely N-dealkylation sites (tertiary alicyclic amines) is 1. The Balaban J connectivity index is 2.57. The van der Waals surface area contributed by atoms with Crippen LogP contribution in [0.15, 0.2) is 0 Å². The number of likely N-dealkylation sites (N-methyl/N-ethyl adjacent to an activating group) is 2. The van der Waals surface area contributed by atoms with Crippen LogP contribution < -0.4 is 5.32 Å². The molecular formula is C12H25N3O. The highest BCUT2D eigenvalue weighted by atomic mass is 16.2. The quantitative estimate of drug-likeness (QED) is 0.764. The van der Waals surface area contributed by atoms with Gasteiger partial charge in [-0.2, -0.15) is 0 Å². The largest absolute Gasteiger partial charge is 0.347 e. The maximum atomic E-state index is 12.0. The predicted molar refractivity (Wildman–Crippen MR) is 66.4 cm³/mol. The van der Waals surface area contributed by atoms with Gasteiger partial charge in [0.1, 0.15) is 0 Å². The number of amides is 1. The van der Waals surface area contributed by atoms with E-state index in [2.05, 4.69) is 24.2 Å². The standard InChI is InChI=1S/C12H25N3O/c1-9-7-10(8-15(9)6)13-12(2,3)11(16)14(4)5/h9-10,13H,7-8H2,1-6H3. The highest BCUT2D eigenvalue weighted by Crippen LogP contribution is 2.18. The molecule has 16 heavy (non-hydrogen) atoms. The molecule has 2 unspecified atom stereocenters. The van der Waals surface area contributed by atoms with E-state index < -0.39 is 5.54 Å². The van der Waals surface area contributed by atoms with Crippen molar-refractivity contribution in [1.29, 1.82) is 0 Å². The van der Waals surface area contributed by atoms with Crippen molar-refractivity contribution in [3.63, 3.8) is 0 Å². The Morgan fingerprint density at radius 1 is 1.44 bits per heavy atom. The van der Waals surface area contributed by atoms with E-state index in [1.54, 1.807) is 19.0 Å². The van der Waals surface area contributed by atoms with Gasteiger partial charge in [-0.1, -0.05) is 0 Å². The maximum absolute atomic E-state index is 12.0. The summed E-state index contributed by atoms with van der Waals surface area (Å²) in [4.78, 5) is 15.9. The molecule has 1 fully saturated rings. The minimum Gasteiger partial charge on any atom is -0.347 e. The molecule has 0 aliphatic carbocycles. The molecule has 0 aromatic heterocycles. The Labute approximate surface area is 99.0 Å². The van der Waals surface area contributed by atoms with Gasteiger partial charge in [0.25, 0.3) is 0 Å². The van der Waals surface area contributed by atoms with Crippen molar-refractivity contribution in [1.82, 2.24) is 15.1 Å². The SMILES string of the molecule is CC1CC(NC(C)(C)C(=O)N(C)C)CN1C. The summed E-state index contributed by atoms with van der Waals surface area (Å²) >= 11 is 0. The minimum absolute atomic E-state index is 0.134. The zero-order chi connectivity index (χ0) is 12.5. The Hall–Kier alpha value is -0.610. The molecule has 1 rings (SSSR count). The third-order valence-electron chi connectivity index (χ3n) is 3.39. The van der Waals surface area contributed by atoms with E-state index in [4.69, 9.17) is 0 Å². The van der Waals surface area contributed by atoms with E-state index >= 15 is 0 Å². The second-order valence-corrected chi connectivity index (χ2v) is 5.69. The Morgan fingerprint density at radius 3 is 2.38 bits per heavy atom. The van der Waals surface area contributed by atoms with Crippen LogP contribution in [-0.4, -0.2) is 61.0 Å². The third kappa shape index (κ3) is 2.95. The van der Waals surface area contributed by atoms with Gasteiger partial charge in [-0.15, -0.1) is 0 Å². The van der Waals surface area contributed by atoms with Crippen LogP contribution in [0, 0.1) is 0 Å². The van der Waals surface area contributed by atoms with E-state index in [0.717, 1.165) is 13.0 Å². The number of carbonyl (C=O) groups excluding carboxylic acids is 1. The van der Waals surface area contributed by atoms with Gasteiger partial charge in [-0.05, 0) is 34.2 Å². The summed E-state index contributed by atoms with van der Waals surface area (Å²) in [6, 6.07) is 1.02. The van der Waals surface area contributed by atoms with Crippen LogP contribution in [0.4, 0.5) is 0 Å². The molecule has 0 saturated carbocycles. The maximum Gasteiger partial charge on any atom is 0.241 e. The number of rotatable bonds is 3. The van der Waals surface area contributed by atoms with Crippen molar-refractivity contribution in [2.45, 2.75) is 44.8 Å². The number of hydrogen-bond donors (Lipinski definition) is 1. The molecule has 1 N–H and O–H groups in total. The summed E-state index contributed by atoms with van der Waals surface area (Å²) in [5.74, 6) is 0.134. The van der Waals surface area contributed by atoms with Crippen molar-refractivity contribution in [3.05, 3.63) is 0 Å². The molecule has 1 heterocycles. The van der Waals surface area contributed by atoms with Crippen molar-refractivity contribution >= 4 is 5.91 Å². The summed E-state index contributed by atoms with van der Waals surface area (Å²) in [7, 11) is 5.73. The fourth-order valence-electron chi connectivity index (χ4n) is 2.43. The van der Waals surface area contributed by atoms with E-state index in [9.17, 15) is 4.79 Å². The van der Waals surface area contributed by atoms with Gasteiger partial charge in [0.05, 0.1) is 5.54 Å². The number of nitrogens with one attached hydrogen (secondary N) is 1. The van der Waals surface area contributed by atoms with Crippen LogP contribution >= 0.6 is 0 Å². The zero-order valence-corrected chi connectivity index (χ0v) is 11.4. The lowest BCUT2D eigenvalue weighted by atomic mass is 10.0. The Kier molecular flexibility index (Phi) is 3.97. The van der Waals surface area contributed by atoms with E-state index in [1.807, 2.05) is 13.8 Å². The molecule has 1 saturated heterocycles. The summed E-state index contributed by atoms with van der Waals surface area (Å²) in [5, 5.41) is 3.46. The molecule has 0 spiro atoms. The molecule has 4 heteroatoms. The smallest absolute Gasteiger partial charge is 0.241 e. The van der Waals surface area contributed by atoms with Gasteiger partial charge >= 0.3 is 0 Å². The first-order chi connectivity index (χ1) is 7.24. The van der Waals surface area contributed by atoms with Crippen molar-refractivity contribution < 1.29 is 4.79 Å². The van der Waals surface area contributed by atoms with Gasteiger partial charge < -0.3 is 9.80 Å². The molecule has 1 aliphatic heterocycles. The Bertz CT molecular complexity index is 253. The predicted octanol–water partition coefficient (Wildman–Crippen LogP) is 0.535. The number of hydrogen-bond acceptors (Lipinski definition) is 3. The van der Waals surface area contributed by atoms with E-state index in [0.29, 0.717) is 12.1 Å². The number of nitrogens with zero attached hydrogens (tertiary/aromatic N) is 2. The van der Waals surface area contributed by atoms with Gasteiger partial charge in [0.2, 0.25) is 5.91 Å². The normalized spacial score (nSPS) is 27.1. The molecule has 0 bridgehead atoms. The fourth-order valence-corrected chi connectivity index (χ4v) is 2.43. The molecular weight excluding hydrogens is 202 g/mol. The molecule has 0 radical (unpaired) electrons. The lowest BCUT2D eigenvalue weighted by Gasteiger charge is -2.31. The molecule has 94 valence electrons. The van der Waals surface area contributed by atoms with Crippen LogP contribution in [0.5, 0.6) is 0 Å². The summed E-state index contributed by atoms with van der Waals surface area (Å²) in [6.07, 6.45) is 1.11. The summed E-state index contributed by atoms with van der Waals surface area (Å²) in [5.41, 5.74) is -0.473. The van der Waals surface area contributed by atoms with Crippen LogP contribution in [0.2, 0.25) is 0 Å². The average Bonchev–Trinajstić information content (AvgIpc) is 2.43. The first-order valence-electron chi connectivity index (χ1n) is 5.93.